The predicted octanol–water partition coefficient (Wildman–Crippen LogP) is 0.647. The van der Waals surface area contributed by atoms with E-state index in [9.17, 15) is 9.90 Å². The van der Waals surface area contributed by atoms with Crippen molar-refractivity contribution in [2.45, 2.75) is 17.4 Å². The van der Waals surface area contributed by atoms with Crippen molar-refractivity contribution in [1.29, 1.82) is 0 Å². The maximum atomic E-state index is 11.6. The van der Waals surface area contributed by atoms with Crippen LogP contribution >= 0.6 is 11.8 Å². The zero-order chi connectivity index (χ0) is 14.3. The lowest BCUT2D eigenvalue weighted by Crippen LogP contribution is -2.43. The van der Waals surface area contributed by atoms with Crippen molar-refractivity contribution in [1.82, 2.24) is 5.32 Å². The van der Waals surface area contributed by atoms with Crippen LogP contribution in [0.4, 0.5) is 0 Å². The maximum absolute atomic E-state index is 11.6. The molecule has 3 N–H and O–H groups in total. The molecule has 0 heterocycles. The third kappa shape index (κ3) is 5.96. The number of methoxy groups -OCH3 is 1. The summed E-state index contributed by atoms with van der Waals surface area (Å²) in [6.07, 6.45) is 0. The molecule has 0 aliphatic heterocycles. The second kappa shape index (κ2) is 7.37. The highest BCUT2D eigenvalue weighted by molar-refractivity contribution is 8.00. The Bertz CT molecular complexity index is 406. The van der Waals surface area contributed by atoms with Crippen LogP contribution in [0.2, 0.25) is 0 Å². The summed E-state index contributed by atoms with van der Waals surface area (Å²) in [5.74, 6) is 0.843. The number of aliphatic hydroxyl groups excluding tert-OH is 1. The van der Waals surface area contributed by atoms with E-state index in [-0.39, 0.29) is 24.8 Å². The van der Waals surface area contributed by atoms with Crippen molar-refractivity contribution in [3.05, 3.63) is 24.3 Å². The van der Waals surface area contributed by atoms with Gasteiger partial charge in [0.1, 0.15) is 11.4 Å². The van der Waals surface area contributed by atoms with Gasteiger partial charge in [-0.1, -0.05) is 0 Å². The Morgan fingerprint density at radius 3 is 2.58 bits per heavy atom. The van der Waals surface area contributed by atoms with Gasteiger partial charge in [0.05, 0.1) is 19.5 Å². The molecule has 6 heteroatoms. The molecule has 0 saturated heterocycles. The third-order valence-electron chi connectivity index (χ3n) is 2.44. The molecule has 19 heavy (non-hydrogen) atoms. The van der Waals surface area contributed by atoms with Crippen LogP contribution in [0.15, 0.2) is 29.2 Å². The van der Waals surface area contributed by atoms with Crippen molar-refractivity contribution in [3.8, 4) is 5.75 Å². The van der Waals surface area contributed by atoms with E-state index in [1.165, 1.54) is 18.7 Å². The van der Waals surface area contributed by atoms with E-state index >= 15 is 0 Å². The second-order valence-electron chi connectivity index (χ2n) is 4.40. The number of hydrogen-bond acceptors (Lipinski definition) is 5. The van der Waals surface area contributed by atoms with Crippen LogP contribution in [0.1, 0.15) is 6.92 Å². The van der Waals surface area contributed by atoms with Crippen molar-refractivity contribution < 1.29 is 19.7 Å². The van der Waals surface area contributed by atoms with Crippen LogP contribution in [-0.2, 0) is 4.79 Å². The average Bonchev–Trinajstić information content (AvgIpc) is 2.43. The number of nitrogens with one attached hydrogen (secondary N) is 1. The van der Waals surface area contributed by atoms with Crippen molar-refractivity contribution in [3.63, 3.8) is 0 Å². The molecule has 0 bridgehead atoms. The largest absolute Gasteiger partial charge is 0.497 e. The highest BCUT2D eigenvalue weighted by Crippen LogP contribution is 2.20. The summed E-state index contributed by atoms with van der Waals surface area (Å²) in [6.45, 7) is 1.11. The quantitative estimate of drug-likeness (QED) is 0.641. The SMILES string of the molecule is COc1ccc(SCC(=O)NCC(C)(O)CO)cc1. The van der Waals surface area contributed by atoms with Gasteiger partial charge in [-0.3, -0.25) is 4.79 Å². The lowest BCUT2D eigenvalue weighted by Gasteiger charge is -2.20. The van der Waals surface area contributed by atoms with Crippen LogP contribution < -0.4 is 10.1 Å². The number of carbonyl (C=O) groups excluding carboxylic acids is 1. The fraction of sp³-hybridized carbons (Fsp3) is 0.462. The van der Waals surface area contributed by atoms with Gasteiger partial charge in [-0.25, -0.2) is 0 Å². The number of carbonyl (C=O) groups is 1. The lowest BCUT2D eigenvalue weighted by molar-refractivity contribution is -0.120. The zero-order valence-electron chi connectivity index (χ0n) is 11.0. The van der Waals surface area contributed by atoms with Crippen LogP contribution in [0, 0.1) is 0 Å². The summed E-state index contributed by atoms with van der Waals surface area (Å²) >= 11 is 1.39. The van der Waals surface area contributed by atoms with E-state index in [1.807, 2.05) is 24.3 Å². The molecule has 1 unspecified atom stereocenters. The normalized spacial score (nSPS) is 13.7. The fourth-order valence-electron chi connectivity index (χ4n) is 1.22. The van der Waals surface area contributed by atoms with E-state index in [1.54, 1.807) is 7.11 Å². The number of rotatable bonds is 7. The minimum absolute atomic E-state index is 0.0332. The van der Waals surface area contributed by atoms with Crippen LogP contribution in [0.5, 0.6) is 5.75 Å². The molecule has 5 nitrogen and oxygen atoms in total. The zero-order valence-corrected chi connectivity index (χ0v) is 11.9. The molecule has 106 valence electrons. The number of ether oxygens (including phenoxy) is 1. The highest BCUT2D eigenvalue weighted by Gasteiger charge is 2.19. The van der Waals surface area contributed by atoms with Gasteiger partial charge >= 0.3 is 0 Å². The first-order valence-electron chi connectivity index (χ1n) is 5.83. The van der Waals surface area contributed by atoms with Crippen LogP contribution in [0.3, 0.4) is 0 Å². The number of thioether (sulfide) groups is 1. The smallest absolute Gasteiger partial charge is 0.230 e. The van der Waals surface area contributed by atoms with Gasteiger partial charge in [-0.15, -0.1) is 11.8 Å². The van der Waals surface area contributed by atoms with E-state index in [0.29, 0.717) is 0 Å². The van der Waals surface area contributed by atoms with E-state index in [0.717, 1.165) is 10.6 Å². The molecule has 1 aromatic rings. The molecular weight excluding hydrogens is 266 g/mol. The molecule has 0 aliphatic rings. The lowest BCUT2D eigenvalue weighted by atomic mass is 10.1. The van der Waals surface area contributed by atoms with Gasteiger partial charge in [0, 0.05) is 11.4 Å². The van der Waals surface area contributed by atoms with Crippen molar-refractivity contribution >= 4 is 17.7 Å². The summed E-state index contributed by atoms with van der Waals surface area (Å²) in [6, 6.07) is 7.41. The molecule has 0 radical (unpaired) electrons. The number of benzene rings is 1. The Balaban J connectivity index is 2.33. The summed E-state index contributed by atoms with van der Waals surface area (Å²) in [5.41, 5.74) is -1.28. The first kappa shape index (κ1) is 15.8. The average molecular weight is 285 g/mol. The molecule has 1 atom stereocenters. The van der Waals surface area contributed by atoms with Gasteiger partial charge in [-0.05, 0) is 31.2 Å². The monoisotopic (exact) mass is 285 g/mol. The van der Waals surface area contributed by atoms with Gasteiger partial charge in [0.15, 0.2) is 0 Å². The molecule has 1 amide bonds. The minimum atomic E-state index is -1.28. The molecule has 0 aromatic heterocycles. The Labute approximate surface area is 117 Å². The topological polar surface area (TPSA) is 78.8 Å². The van der Waals surface area contributed by atoms with E-state index in [4.69, 9.17) is 9.84 Å². The third-order valence-corrected chi connectivity index (χ3v) is 3.45. The number of hydrogen-bond donors (Lipinski definition) is 3. The molecule has 1 rings (SSSR count). The summed E-state index contributed by atoms with van der Waals surface area (Å²) in [4.78, 5) is 12.5. The molecule has 0 fully saturated rings. The van der Waals surface area contributed by atoms with Crippen LogP contribution in [0.25, 0.3) is 0 Å². The summed E-state index contributed by atoms with van der Waals surface area (Å²) in [5, 5.41) is 20.9. The van der Waals surface area contributed by atoms with Gasteiger partial charge in [0.25, 0.3) is 0 Å². The van der Waals surface area contributed by atoms with Crippen molar-refractivity contribution in [2.75, 3.05) is 26.0 Å². The summed E-state index contributed by atoms with van der Waals surface area (Å²) < 4.78 is 5.04. The number of aliphatic hydroxyl groups is 2. The number of amides is 1. The van der Waals surface area contributed by atoms with Gasteiger partial charge in [0.2, 0.25) is 5.91 Å². The van der Waals surface area contributed by atoms with Gasteiger partial charge < -0.3 is 20.3 Å². The Hall–Kier alpha value is -1.24. The molecule has 0 spiro atoms. The second-order valence-corrected chi connectivity index (χ2v) is 5.44. The first-order chi connectivity index (χ1) is 8.96. The first-order valence-corrected chi connectivity index (χ1v) is 6.82. The van der Waals surface area contributed by atoms with E-state index in [2.05, 4.69) is 5.32 Å². The highest BCUT2D eigenvalue weighted by atomic mass is 32.2. The predicted molar refractivity (Wildman–Crippen MR) is 74.4 cm³/mol. The van der Waals surface area contributed by atoms with Crippen molar-refractivity contribution in [2.24, 2.45) is 0 Å². The fourth-order valence-corrected chi connectivity index (χ4v) is 1.95. The van der Waals surface area contributed by atoms with Gasteiger partial charge in [-0.2, -0.15) is 0 Å². The Morgan fingerprint density at radius 1 is 1.42 bits per heavy atom. The molecule has 0 saturated carbocycles. The Morgan fingerprint density at radius 2 is 2.05 bits per heavy atom. The van der Waals surface area contributed by atoms with Crippen LogP contribution in [-0.4, -0.2) is 47.7 Å². The minimum Gasteiger partial charge on any atom is -0.497 e. The summed E-state index contributed by atoms with van der Waals surface area (Å²) in [7, 11) is 1.60. The maximum Gasteiger partial charge on any atom is 0.230 e. The Kier molecular flexibility index (Phi) is 6.14. The standard InChI is InChI=1S/C13H19NO4S/c1-13(17,9-15)8-14-12(16)7-19-11-5-3-10(18-2)4-6-11/h3-6,15,17H,7-9H2,1-2H3,(H,14,16). The van der Waals surface area contributed by atoms with E-state index < -0.39 is 5.60 Å². The molecule has 1 aromatic carbocycles. The molecule has 0 aliphatic carbocycles. The molecular formula is C13H19NO4S.